The zero-order valence-corrected chi connectivity index (χ0v) is 63.6. The van der Waals surface area contributed by atoms with Gasteiger partial charge in [-0.3, -0.25) is 0 Å². The number of carbonyl (C=O) groups is 4. The van der Waals surface area contributed by atoms with Crippen molar-refractivity contribution in [3.05, 3.63) is 48.6 Å². The van der Waals surface area contributed by atoms with Gasteiger partial charge in [0.25, 0.3) is 0 Å². The molecule has 0 aromatic rings. The summed E-state index contributed by atoms with van der Waals surface area (Å²) in [4.78, 5) is 40.9. The van der Waals surface area contributed by atoms with Crippen LogP contribution in [0.1, 0.15) is 362 Å². The molecule has 0 amide bonds. The van der Waals surface area contributed by atoms with Crippen molar-refractivity contribution in [1.82, 2.24) is 0 Å². The molecule has 0 unspecified atom stereocenters. The van der Waals surface area contributed by atoms with Crippen LogP contribution in [0.5, 0.6) is 0 Å². The van der Waals surface area contributed by atoms with E-state index in [0.717, 1.165) is 231 Å². The molecule has 0 bridgehead atoms. The fourth-order valence-electron chi connectivity index (χ4n) is 9.43. The van der Waals surface area contributed by atoms with E-state index in [9.17, 15) is 60.0 Å². The molecule has 0 aliphatic rings. The summed E-state index contributed by atoms with van der Waals surface area (Å²) in [7, 11) is 0. The van der Waals surface area contributed by atoms with E-state index in [1.165, 1.54) is 77.0 Å². The Balaban J connectivity index is -0.000000246. The number of carboxylic acid groups (broad SMARTS) is 4. The Morgan fingerprint density at radius 2 is 0.430 bits per heavy atom. The van der Waals surface area contributed by atoms with Crippen molar-refractivity contribution in [2.75, 3.05) is 0 Å². The topological polar surface area (TPSA) is 241 Å². The summed E-state index contributed by atoms with van der Waals surface area (Å²) < 4.78 is 0. The van der Waals surface area contributed by atoms with Crippen molar-refractivity contribution in [2.24, 2.45) is 0 Å². The molecule has 0 rings (SSSR count). The average Bonchev–Trinajstić information content (AvgIpc) is 3.45. The molecule has 4 N–H and O–H groups in total. The van der Waals surface area contributed by atoms with Crippen LogP contribution < -0.4 is 20.4 Å². The number of unbranched alkanes of at least 4 members (excludes halogenated alkanes) is 32. The quantitative estimate of drug-likeness (QED) is 0.0253. The average molecular weight is 1390 g/mol. The third-order valence-corrected chi connectivity index (χ3v) is 14.9. The number of hydrogen-bond donors (Lipinski definition) is 4. The van der Waals surface area contributed by atoms with E-state index in [2.05, 4.69) is 76.3 Å². The molecule has 0 fully saturated rings. The summed E-state index contributed by atoms with van der Waals surface area (Å²) >= 11 is 0. The van der Waals surface area contributed by atoms with Gasteiger partial charge in [0.15, 0.2) is 0 Å². The van der Waals surface area contributed by atoms with Crippen molar-refractivity contribution in [3.63, 3.8) is 0 Å². The van der Waals surface area contributed by atoms with Gasteiger partial charge in [-0.15, -0.1) is 0 Å². The van der Waals surface area contributed by atoms with Gasteiger partial charge in [-0.05, 0) is 154 Å². The number of aliphatic carboxylic acids is 4. The second-order valence-electron chi connectivity index (χ2n) is 23.6. The van der Waals surface area contributed by atoms with Crippen molar-refractivity contribution in [2.45, 2.75) is 386 Å². The number of allylic oxidation sites excluding steroid dienone is 4. The van der Waals surface area contributed by atoms with Crippen molar-refractivity contribution >= 4 is 72.8 Å². The molecule has 0 aromatic heterocycles. The van der Waals surface area contributed by atoms with Gasteiger partial charge in [0.05, 0.1) is 24.4 Å². The van der Waals surface area contributed by atoms with Crippen LogP contribution in [0, 0.1) is 0 Å². The van der Waals surface area contributed by atoms with Crippen LogP contribution in [0.4, 0.5) is 0 Å². The van der Waals surface area contributed by atoms with E-state index < -0.39 is 23.9 Å². The summed E-state index contributed by atoms with van der Waals surface area (Å²) in [6, 6.07) is 0. The second kappa shape index (κ2) is 83.9. The van der Waals surface area contributed by atoms with Crippen molar-refractivity contribution in [3.8, 4) is 0 Å². The third kappa shape index (κ3) is 99.1. The minimum Gasteiger partial charge on any atom is -0.550 e. The number of rotatable bonds is 60. The van der Waals surface area contributed by atoms with Crippen LogP contribution >= 0.6 is 0 Å². The minimum absolute atomic E-state index is 0. The Morgan fingerprint density at radius 3 is 0.605 bits per heavy atom. The molecule has 86 heavy (non-hydrogen) atoms. The fraction of sp³-hybridized carbons (Fsp3) is 0.833. The zero-order valence-electron chi connectivity index (χ0n) is 56.2. The minimum atomic E-state index is -0.939. The largest absolute Gasteiger partial charge is 2.00 e. The van der Waals surface area contributed by atoms with Gasteiger partial charge >= 0.3 is 68.4 Å². The third-order valence-electron chi connectivity index (χ3n) is 14.9. The van der Waals surface area contributed by atoms with Crippen LogP contribution in [0.25, 0.3) is 0 Å². The molecule has 0 spiro atoms. The Morgan fingerprint density at radius 1 is 0.267 bits per heavy atom. The molecule has 4 atom stereocenters. The smallest absolute Gasteiger partial charge is 0.550 e. The Labute approximate surface area is 581 Å². The predicted octanol–water partition coefficient (Wildman–Crippen LogP) is 14.6. The fourth-order valence-corrected chi connectivity index (χ4v) is 9.43. The molecule has 12 nitrogen and oxygen atoms in total. The molecule has 0 aromatic carbocycles. The molecule has 0 radical (unpaired) electrons. The van der Waals surface area contributed by atoms with Crippen LogP contribution in [0.2, 0.25) is 0 Å². The maximum atomic E-state index is 10.2. The molecule has 0 saturated heterocycles. The Hall–Kier alpha value is -1.13. The number of aliphatic hydroxyl groups is 4. The Kier molecular flexibility index (Phi) is 93.6. The monoisotopic (exact) mass is 1390 g/mol. The van der Waals surface area contributed by atoms with E-state index in [1.54, 1.807) is 0 Å². The summed E-state index contributed by atoms with van der Waals surface area (Å²) in [5, 5.41) is 80.0. The molecule has 0 saturated carbocycles. The number of aliphatic hydroxyl groups excluding tert-OH is 4. The Bertz CT molecular complexity index is 1280. The summed E-state index contributed by atoms with van der Waals surface area (Å²) in [5.74, 6) is -3.75. The van der Waals surface area contributed by atoms with E-state index in [1.807, 2.05) is 0 Å². The zero-order chi connectivity index (χ0) is 63.0. The SMILES string of the molecule is CCCCCC[C@@H](O)C/C=C\CCCCCCCC(=O)[O-].CCCCCC[C@@H](O)C/C=C\CCCCCCCC(=O)[O-].CCCCCC[C@@H](O)C/C=C\CCCCCCCC(=O)[O-].CCCCCC[C@@H](O)C/C=C\CCCCCCCC(=O)[O-].[Ba+2].[Zn+2]. The number of hydrogen-bond acceptors (Lipinski definition) is 12. The van der Waals surface area contributed by atoms with E-state index in [-0.39, 0.29) is 118 Å². The van der Waals surface area contributed by atoms with Crippen LogP contribution in [0.15, 0.2) is 48.6 Å². The number of carbonyl (C=O) groups excluding carboxylic acids is 4. The van der Waals surface area contributed by atoms with Gasteiger partial charge in [0.1, 0.15) is 0 Å². The molecular formula is C72H132BaO12Zn. The van der Waals surface area contributed by atoms with Crippen molar-refractivity contribution in [1.29, 1.82) is 0 Å². The van der Waals surface area contributed by atoms with Crippen LogP contribution in [-0.2, 0) is 38.7 Å². The van der Waals surface area contributed by atoms with Gasteiger partial charge in [-0.25, -0.2) is 0 Å². The van der Waals surface area contributed by atoms with Gasteiger partial charge in [0.2, 0.25) is 0 Å². The van der Waals surface area contributed by atoms with E-state index in [0.29, 0.717) is 0 Å². The predicted molar refractivity (Wildman–Crippen MR) is 349 cm³/mol. The maximum absolute atomic E-state index is 10.2. The van der Waals surface area contributed by atoms with Gasteiger partial charge in [0, 0.05) is 23.9 Å². The maximum Gasteiger partial charge on any atom is 2.00 e. The molecule has 496 valence electrons. The normalized spacial score (nSPS) is 12.6. The second-order valence-corrected chi connectivity index (χ2v) is 23.6. The molecule has 0 aliphatic carbocycles. The van der Waals surface area contributed by atoms with Gasteiger partial charge in [-0.2, -0.15) is 0 Å². The summed E-state index contributed by atoms with van der Waals surface area (Å²) in [6.45, 7) is 8.79. The summed E-state index contributed by atoms with van der Waals surface area (Å²) in [6.07, 6.45) is 68.1. The van der Waals surface area contributed by atoms with Gasteiger partial charge in [-0.1, -0.05) is 256 Å². The first-order valence-electron chi connectivity index (χ1n) is 34.8. The van der Waals surface area contributed by atoms with Crippen molar-refractivity contribution < 1.29 is 79.5 Å². The summed E-state index contributed by atoms with van der Waals surface area (Å²) in [5.41, 5.74) is 0. The molecule has 0 heterocycles. The van der Waals surface area contributed by atoms with E-state index >= 15 is 0 Å². The molecular weight excluding hydrogens is 1260 g/mol. The van der Waals surface area contributed by atoms with Crippen LogP contribution in [-0.4, -0.2) is 118 Å². The number of carboxylic acids is 4. The first-order chi connectivity index (χ1) is 40.7. The first-order valence-corrected chi connectivity index (χ1v) is 34.8. The van der Waals surface area contributed by atoms with Crippen LogP contribution in [0.3, 0.4) is 0 Å². The standard InChI is InChI=1S/4C18H34O3.Ba.Zn/c4*1-2-3-4-11-14-17(19)15-12-9-7-5-6-8-10-13-16-18(20)21;;/h4*9,12,17,19H,2-8,10-11,13-16H2,1H3,(H,20,21);;/q;;;;2*+2/p-4/b4*12-9-;;/t4*17-;;/m1111../s1. The first kappa shape index (κ1) is 96.0. The molecule has 14 heteroatoms. The van der Waals surface area contributed by atoms with E-state index in [4.69, 9.17) is 0 Å². The molecule has 0 aliphatic heterocycles. The van der Waals surface area contributed by atoms with Gasteiger partial charge < -0.3 is 60.0 Å².